The molecule has 0 fully saturated rings. The molecule has 0 radical (unpaired) electrons. The van der Waals surface area contributed by atoms with E-state index >= 15 is 0 Å². The Morgan fingerprint density at radius 2 is 0.812 bits per heavy atom. The van der Waals surface area contributed by atoms with E-state index in [-0.39, 0.29) is 44.9 Å². The van der Waals surface area contributed by atoms with Gasteiger partial charge in [0.15, 0.2) is 0 Å². The van der Waals surface area contributed by atoms with Crippen LogP contribution in [0.25, 0.3) is 11.1 Å². The van der Waals surface area contributed by atoms with E-state index in [9.17, 15) is 19.2 Å². The number of carbonyl (C=O) groups is 4. The molecule has 0 N–H and O–H groups in total. The molecular formula is C22H22O10. The van der Waals surface area contributed by atoms with Crippen LogP contribution in [0.3, 0.4) is 0 Å². The van der Waals surface area contributed by atoms with Crippen LogP contribution in [0.1, 0.15) is 41.4 Å². The largest absolute Gasteiger partial charge is 0.496 e. The molecule has 32 heavy (non-hydrogen) atoms. The normalized spacial score (nSPS) is 10.1. The first-order chi connectivity index (χ1) is 15.3. The van der Waals surface area contributed by atoms with Crippen LogP contribution in [0.5, 0.6) is 11.5 Å². The zero-order valence-corrected chi connectivity index (χ0v) is 18.4. The Balaban J connectivity index is 3.20. The van der Waals surface area contributed by atoms with Crippen molar-refractivity contribution in [3.8, 4) is 22.6 Å². The molecule has 0 heterocycles. The molecule has 2 aromatic carbocycles. The first-order valence-corrected chi connectivity index (χ1v) is 9.06. The van der Waals surface area contributed by atoms with Crippen molar-refractivity contribution in [1.82, 2.24) is 0 Å². The number of ether oxygens (including phenoxy) is 6. The van der Waals surface area contributed by atoms with E-state index in [1.54, 1.807) is 0 Å². The average molecular weight is 446 g/mol. The second-order valence-electron chi connectivity index (χ2n) is 6.10. The number of rotatable bonds is 7. The third-order valence-corrected chi connectivity index (χ3v) is 4.61. The van der Waals surface area contributed by atoms with Crippen molar-refractivity contribution in [2.45, 2.75) is 0 Å². The third kappa shape index (κ3) is 4.20. The molecule has 0 saturated carbocycles. The molecule has 0 aliphatic carbocycles. The quantitative estimate of drug-likeness (QED) is 0.463. The number of carbonyl (C=O) groups excluding carboxylic acids is 4. The smallest absolute Gasteiger partial charge is 0.339 e. The van der Waals surface area contributed by atoms with Crippen LogP contribution >= 0.6 is 0 Å². The Bertz CT molecular complexity index is 985. The van der Waals surface area contributed by atoms with Gasteiger partial charge in [0.05, 0.1) is 64.9 Å². The van der Waals surface area contributed by atoms with Crippen molar-refractivity contribution in [1.29, 1.82) is 0 Å². The number of methoxy groups -OCH3 is 6. The Kier molecular flexibility index (Phi) is 7.78. The second kappa shape index (κ2) is 10.3. The summed E-state index contributed by atoms with van der Waals surface area (Å²) in [5.74, 6) is -3.33. The van der Waals surface area contributed by atoms with Crippen LogP contribution in [-0.4, -0.2) is 66.5 Å². The molecule has 10 nitrogen and oxygen atoms in total. The Labute approximate surface area is 183 Å². The fourth-order valence-corrected chi connectivity index (χ4v) is 3.19. The minimum atomic E-state index is -0.916. The lowest BCUT2D eigenvalue weighted by molar-refractivity contribution is 0.0553. The van der Waals surface area contributed by atoms with Crippen molar-refractivity contribution in [2.75, 3.05) is 42.7 Å². The summed E-state index contributed by atoms with van der Waals surface area (Å²) in [7, 11) is 7.18. The van der Waals surface area contributed by atoms with Gasteiger partial charge in [0.2, 0.25) is 0 Å². The molecule has 0 saturated heterocycles. The summed E-state index contributed by atoms with van der Waals surface area (Å²) in [5, 5.41) is 0. The summed E-state index contributed by atoms with van der Waals surface area (Å²) in [4.78, 5) is 50.5. The van der Waals surface area contributed by atoms with E-state index in [4.69, 9.17) is 28.4 Å². The van der Waals surface area contributed by atoms with E-state index in [0.29, 0.717) is 0 Å². The lowest BCUT2D eigenvalue weighted by atomic mass is 9.88. The standard InChI is InChI=1S/C22H22O10/c1-27-13-9-7-11(19(23)29-3)15(21(25)31-5)17(13)18-14(28-2)10-8-12(20(24)30-4)16(18)22(26)32-6/h7-10H,1-6H3. The number of benzene rings is 2. The lowest BCUT2D eigenvalue weighted by Gasteiger charge is -2.21. The van der Waals surface area contributed by atoms with E-state index in [1.165, 1.54) is 38.5 Å². The van der Waals surface area contributed by atoms with Crippen molar-refractivity contribution in [3.05, 3.63) is 46.5 Å². The summed E-state index contributed by atoms with van der Waals surface area (Å²) in [6, 6.07) is 5.43. The Morgan fingerprint density at radius 1 is 0.500 bits per heavy atom. The number of hydrogen-bond acceptors (Lipinski definition) is 10. The van der Waals surface area contributed by atoms with Crippen LogP contribution in [0.2, 0.25) is 0 Å². The molecule has 0 unspecified atom stereocenters. The third-order valence-electron chi connectivity index (χ3n) is 4.61. The highest BCUT2D eigenvalue weighted by Crippen LogP contribution is 2.44. The van der Waals surface area contributed by atoms with Gasteiger partial charge in [-0.3, -0.25) is 0 Å². The molecule has 0 aliphatic heterocycles. The van der Waals surface area contributed by atoms with Gasteiger partial charge in [0.1, 0.15) is 11.5 Å². The maximum absolute atomic E-state index is 12.8. The first-order valence-electron chi connectivity index (χ1n) is 9.06. The molecular weight excluding hydrogens is 424 g/mol. The summed E-state index contributed by atoms with van der Waals surface area (Å²) < 4.78 is 30.2. The molecule has 0 spiro atoms. The summed E-state index contributed by atoms with van der Waals surface area (Å²) in [6.07, 6.45) is 0. The van der Waals surface area contributed by atoms with E-state index < -0.39 is 23.9 Å². The average Bonchev–Trinajstić information content (AvgIpc) is 2.84. The van der Waals surface area contributed by atoms with E-state index in [2.05, 4.69) is 0 Å². The molecule has 0 aliphatic rings. The second-order valence-corrected chi connectivity index (χ2v) is 6.10. The number of esters is 4. The maximum atomic E-state index is 12.8. The van der Waals surface area contributed by atoms with Crippen molar-refractivity contribution >= 4 is 23.9 Å². The van der Waals surface area contributed by atoms with Crippen LogP contribution in [0.4, 0.5) is 0 Å². The van der Waals surface area contributed by atoms with Crippen LogP contribution in [0.15, 0.2) is 24.3 Å². The highest BCUT2D eigenvalue weighted by atomic mass is 16.5. The molecule has 0 amide bonds. The number of hydrogen-bond donors (Lipinski definition) is 0. The topological polar surface area (TPSA) is 124 Å². The van der Waals surface area contributed by atoms with Crippen LogP contribution in [0, 0.1) is 0 Å². The monoisotopic (exact) mass is 446 g/mol. The van der Waals surface area contributed by atoms with Gasteiger partial charge >= 0.3 is 23.9 Å². The van der Waals surface area contributed by atoms with Gasteiger partial charge in [0, 0.05) is 11.1 Å². The molecule has 0 atom stereocenters. The Hall–Kier alpha value is -4.08. The van der Waals surface area contributed by atoms with Gasteiger partial charge in [0.25, 0.3) is 0 Å². The van der Waals surface area contributed by atoms with Crippen molar-refractivity contribution in [3.63, 3.8) is 0 Å². The fraction of sp³-hybridized carbons (Fsp3) is 0.273. The molecule has 2 rings (SSSR count). The minimum Gasteiger partial charge on any atom is -0.496 e. The van der Waals surface area contributed by atoms with Gasteiger partial charge in [-0.05, 0) is 24.3 Å². The predicted octanol–water partition coefficient (Wildman–Crippen LogP) is 2.52. The molecule has 2 aromatic rings. The maximum Gasteiger partial charge on any atom is 0.339 e. The molecule has 0 bridgehead atoms. The van der Waals surface area contributed by atoms with Gasteiger partial charge in [-0.1, -0.05) is 0 Å². The van der Waals surface area contributed by atoms with Gasteiger partial charge in [-0.25, -0.2) is 19.2 Å². The first kappa shape index (κ1) is 24.2. The van der Waals surface area contributed by atoms with E-state index in [0.717, 1.165) is 28.4 Å². The fourth-order valence-electron chi connectivity index (χ4n) is 3.19. The van der Waals surface area contributed by atoms with Gasteiger partial charge < -0.3 is 28.4 Å². The van der Waals surface area contributed by atoms with Crippen LogP contribution in [-0.2, 0) is 18.9 Å². The van der Waals surface area contributed by atoms with E-state index in [1.807, 2.05) is 0 Å². The predicted molar refractivity (Wildman–Crippen MR) is 110 cm³/mol. The van der Waals surface area contributed by atoms with Gasteiger partial charge in [-0.15, -0.1) is 0 Å². The molecule has 0 aromatic heterocycles. The zero-order valence-electron chi connectivity index (χ0n) is 18.4. The molecule has 10 heteroatoms. The SMILES string of the molecule is COC(=O)c1ccc(OC)c(-c2c(OC)ccc(C(=O)OC)c2C(=O)OC)c1C(=O)OC. The van der Waals surface area contributed by atoms with Crippen LogP contribution < -0.4 is 9.47 Å². The lowest BCUT2D eigenvalue weighted by Crippen LogP contribution is -2.18. The highest BCUT2D eigenvalue weighted by Gasteiger charge is 2.33. The minimum absolute atomic E-state index is 0.0368. The van der Waals surface area contributed by atoms with Crippen molar-refractivity contribution < 1.29 is 47.6 Å². The summed E-state index contributed by atoms with van der Waals surface area (Å²) in [6.45, 7) is 0. The highest BCUT2D eigenvalue weighted by molar-refractivity contribution is 6.14. The zero-order chi connectivity index (χ0) is 24.0. The molecule has 170 valence electrons. The summed E-state index contributed by atoms with van der Waals surface area (Å²) >= 11 is 0. The van der Waals surface area contributed by atoms with Gasteiger partial charge in [-0.2, -0.15) is 0 Å². The van der Waals surface area contributed by atoms with Crippen molar-refractivity contribution in [2.24, 2.45) is 0 Å². The Morgan fingerprint density at radius 3 is 1.06 bits per heavy atom. The summed E-state index contributed by atoms with van der Waals surface area (Å²) in [5.41, 5.74) is -0.906.